The SMILES string of the molecule is C[C@H](c1ccccc1)N(C)c1nc(Cl)nc2c1ccn2[C@@H]1O[C@H](COCP(=O)(O)OCOC(=O)C(C)(C)C)[C@H]2OC(C)(C)O[C@H]21. The third-order valence-electron chi connectivity index (χ3n) is 7.71. The second-order valence-corrected chi connectivity index (χ2v) is 14.8. The van der Waals surface area contributed by atoms with Gasteiger partial charge in [0.15, 0.2) is 12.0 Å². The molecule has 2 fully saturated rings. The van der Waals surface area contributed by atoms with Crippen molar-refractivity contribution in [3.63, 3.8) is 0 Å². The molecule has 2 aromatic heterocycles. The van der Waals surface area contributed by atoms with Crippen molar-refractivity contribution in [2.24, 2.45) is 5.41 Å². The minimum absolute atomic E-state index is 0.00161. The Morgan fingerprint density at radius 1 is 1.18 bits per heavy atom. The molecule has 1 aromatic carbocycles. The van der Waals surface area contributed by atoms with Gasteiger partial charge < -0.3 is 38.0 Å². The number of halogens is 1. The van der Waals surface area contributed by atoms with Crippen molar-refractivity contribution < 1.29 is 42.5 Å². The van der Waals surface area contributed by atoms with E-state index in [1.165, 1.54) is 0 Å². The zero-order valence-electron chi connectivity index (χ0n) is 26.4. The fraction of sp³-hybridized carbons (Fsp3) is 0.567. The highest BCUT2D eigenvalue weighted by Gasteiger charge is 2.56. The van der Waals surface area contributed by atoms with Crippen molar-refractivity contribution >= 4 is 42.0 Å². The molecule has 4 heterocycles. The van der Waals surface area contributed by atoms with E-state index in [2.05, 4.69) is 29.0 Å². The summed E-state index contributed by atoms with van der Waals surface area (Å²) < 4.78 is 48.5. The molecule has 2 saturated heterocycles. The van der Waals surface area contributed by atoms with E-state index in [1.54, 1.807) is 34.6 Å². The Balaban J connectivity index is 1.31. The van der Waals surface area contributed by atoms with Crippen molar-refractivity contribution in [1.29, 1.82) is 0 Å². The normalized spacial score (nSPS) is 24.7. The lowest BCUT2D eigenvalue weighted by Gasteiger charge is -2.27. The highest BCUT2D eigenvalue weighted by atomic mass is 35.5. The maximum atomic E-state index is 12.5. The first-order chi connectivity index (χ1) is 21.1. The van der Waals surface area contributed by atoms with Crippen LogP contribution in [0, 0.1) is 5.41 Å². The maximum Gasteiger partial charge on any atom is 0.356 e. The molecule has 246 valence electrons. The van der Waals surface area contributed by atoms with Gasteiger partial charge in [-0.2, -0.15) is 9.97 Å². The molecule has 6 atom stereocenters. The molecule has 0 aliphatic carbocycles. The first-order valence-corrected chi connectivity index (χ1v) is 16.7. The van der Waals surface area contributed by atoms with Crippen LogP contribution in [0.1, 0.15) is 59.4 Å². The van der Waals surface area contributed by atoms with Crippen LogP contribution in [-0.2, 0) is 37.6 Å². The Kier molecular flexibility index (Phi) is 9.66. The van der Waals surface area contributed by atoms with Crippen LogP contribution in [0.2, 0.25) is 5.28 Å². The van der Waals surface area contributed by atoms with E-state index in [-0.39, 0.29) is 17.9 Å². The molecular formula is C30H40ClN4O9P. The van der Waals surface area contributed by atoms with E-state index in [0.717, 1.165) is 10.9 Å². The zero-order valence-corrected chi connectivity index (χ0v) is 28.0. The topological polar surface area (TPSA) is 144 Å². The third-order valence-corrected chi connectivity index (χ3v) is 8.90. The van der Waals surface area contributed by atoms with Crippen LogP contribution in [0.3, 0.4) is 0 Å². The second kappa shape index (κ2) is 12.9. The first-order valence-electron chi connectivity index (χ1n) is 14.6. The molecule has 2 aliphatic rings. The van der Waals surface area contributed by atoms with Gasteiger partial charge in [0.2, 0.25) is 12.1 Å². The van der Waals surface area contributed by atoms with Gasteiger partial charge in [-0.15, -0.1) is 0 Å². The molecule has 2 aliphatic heterocycles. The average Bonchev–Trinajstić information content (AvgIpc) is 3.62. The Bertz CT molecular complexity index is 1560. The van der Waals surface area contributed by atoms with Crippen LogP contribution in [0.15, 0.2) is 42.6 Å². The van der Waals surface area contributed by atoms with E-state index in [4.69, 9.17) is 39.8 Å². The number of carbonyl (C=O) groups is 1. The first kappa shape index (κ1) is 33.7. The lowest BCUT2D eigenvalue weighted by molar-refractivity contribution is -0.201. The lowest BCUT2D eigenvalue weighted by atomic mass is 9.98. The zero-order chi connectivity index (χ0) is 32.7. The van der Waals surface area contributed by atoms with Gasteiger partial charge in [0.25, 0.3) is 0 Å². The summed E-state index contributed by atoms with van der Waals surface area (Å²) in [6.45, 7) is 9.93. The van der Waals surface area contributed by atoms with Crippen molar-refractivity contribution in [2.75, 3.05) is 31.7 Å². The quantitative estimate of drug-likeness (QED) is 0.121. The molecular weight excluding hydrogens is 627 g/mol. The Morgan fingerprint density at radius 2 is 1.87 bits per heavy atom. The lowest BCUT2D eigenvalue weighted by Crippen LogP contribution is -2.33. The monoisotopic (exact) mass is 666 g/mol. The molecule has 13 nitrogen and oxygen atoms in total. The van der Waals surface area contributed by atoms with Gasteiger partial charge in [0.1, 0.15) is 36.1 Å². The average molecular weight is 667 g/mol. The van der Waals surface area contributed by atoms with Gasteiger partial charge in [0, 0.05) is 13.2 Å². The van der Waals surface area contributed by atoms with Crippen LogP contribution < -0.4 is 4.90 Å². The fourth-order valence-corrected chi connectivity index (χ4v) is 6.11. The molecule has 1 unspecified atom stereocenters. The minimum Gasteiger partial charge on any atom is -0.438 e. The van der Waals surface area contributed by atoms with Gasteiger partial charge in [-0.05, 0) is 64.8 Å². The molecule has 0 spiro atoms. The predicted octanol–water partition coefficient (Wildman–Crippen LogP) is 5.42. The number of hydrogen-bond acceptors (Lipinski definition) is 11. The number of nitrogens with zero attached hydrogens (tertiary/aromatic N) is 4. The second-order valence-electron chi connectivity index (χ2n) is 12.7. The number of rotatable bonds is 11. The highest BCUT2D eigenvalue weighted by molar-refractivity contribution is 7.52. The standard InChI is InChI=1S/C30H40ClN4O9P/c1-18(19-11-9-8-10-12-19)34(7)24-20-13-14-35(25(20)33-28(31)32-24)26-23-22(43-30(5,6)44-23)21(42-26)15-39-17-45(37,38)41-16-40-27(36)29(2,3)4/h8-14,18,21-23,26H,15-17H2,1-7H3,(H,37,38)/t18-,21-,22-,23-,26-/m1/s1. The van der Waals surface area contributed by atoms with Crippen LogP contribution in [-0.4, -0.2) is 76.3 Å². The number of carbonyl (C=O) groups excluding carboxylic acids is 1. The summed E-state index contributed by atoms with van der Waals surface area (Å²) in [4.78, 5) is 33.2. The van der Waals surface area contributed by atoms with E-state index in [0.29, 0.717) is 11.5 Å². The Labute approximate surface area is 267 Å². The summed E-state index contributed by atoms with van der Waals surface area (Å²) in [5, 5.41) is 0.850. The maximum absolute atomic E-state index is 12.5. The van der Waals surface area contributed by atoms with Gasteiger partial charge in [-0.3, -0.25) is 13.9 Å². The number of anilines is 1. The van der Waals surface area contributed by atoms with Crippen LogP contribution in [0.5, 0.6) is 0 Å². The van der Waals surface area contributed by atoms with Crippen molar-refractivity contribution in [1.82, 2.24) is 14.5 Å². The van der Waals surface area contributed by atoms with E-state index >= 15 is 0 Å². The summed E-state index contributed by atoms with van der Waals surface area (Å²) in [7, 11) is -2.27. The van der Waals surface area contributed by atoms with Crippen LogP contribution in [0.4, 0.5) is 5.82 Å². The molecule has 45 heavy (non-hydrogen) atoms. The van der Waals surface area contributed by atoms with E-state index in [1.807, 2.05) is 47.0 Å². The van der Waals surface area contributed by atoms with Crippen molar-refractivity contribution in [3.05, 3.63) is 53.4 Å². The van der Waals surface area contributed by atoms with Crippen molar-refractivity contribution in [2.45, 2.75) is 77.9 Å². The largest absolute Gasteiger partial charge is 0.438 e. The summed E-state index contributed by atoms with van der Waals surface area (Å²) in [6, 6.07) is 12.0. The van der Waals surface area contributed by atoms with Crippen LogP contribution >= 0.6 is 19.2 Å². The molecule has 1 N–H and O–H groups in total. The summed E-state index contributed by atoms with van der Waals surface area (Å²) >= 11 is 6.46. The summed E-state index contributed by atoms with van der Waals surface area (Å²) in [5.41, 5.74) is 0.896. The summed E-state index contributed by atoms with van der Waals surface area (Å²) in [6.07, 6.45) is -1.23. The molecule has 3 aromatic rings. The number of hydrogen-bond donors (Lipinski definition) is 1. The van der Waals surface area contributed by atoms with E-state index < -0.39 is 62.4 Å². The van der Waals surface area contributed by atoms with E-state index in [9.17, 15) is 14.3 Å². The molecule has 0 bridgehead atoms. The van der Waals surface area contributed by atoms with Crippen molar-refractivity contribution in [3.8, 4) is 0 Å². The smallest absolute Gasteiger partial charge is 0.356 e. The third kappa shape index (κ3) is 7.52. The van der Waals surface area contributed by atoms with Crippen LogP contribution in [0.25, 0.3) is 11.0 Å². The molecule has 5 rings (SSSR count). The number of esters is 1. The number of fused-ring (bicyclic) bond motifs is 2. The molecule has 0 amide bonds. The van der Waals surface area contributed by atoms with Gasteiger partial charge >= 0.3 is 13.6 Å². The Morgan fingerprint density at radius 3 is 2.56 bits per heavy atom. The molecule has 15 heteroatoms. The number of benzene rings is 1. The fourth-order valence-electron chi connectivity index (χ4n) is 5.32. The van der Waals surface area contributed by atoms with Gasteiger partial charge in [-0.25, -0.2) is 0 Å². The predicted molar refractivity (Wildman–Crippen MR) is 166 cm³/mol. The van der Waals surface area contributed by atoms with Gasteiger partial charge in [0.05, 0.1) is 23.4 Å². The minimum atomic E-state index is -4.23. The summed E-state index contributed by atoms with van der Waals surface area (Å²) in [5.74, 6) is -0.812. The van der Waals surface area contributed by atoms with Gasteiger partial charge in [-0.1, -0.05) is 30.3 Å². The molecule has 0 radical (unpaired) electrons. The Hall–Kier alpha value is -2.61. The number of ether oxygens (including phenoxy) is 5. The number of aromatic nitrogens is 3. The highest BCUT2D eigenvalue weighted by Crippen LogP contribution is 2.46. The molecule has 0 saturated carbocycles.